The summed E-state index contributed by atoms with van der Waals surface area (Å²) in [4.78, 5) is 0. The van der Waals surface area contributed by atoms with Crippen LogP contribution in [0.3, 0.4) is 0 Å². The van der Waals surface area contributed by atoms with Crippen molar-refractivity contribution in [1.82, 2.24) is 3.11 Å². The molecule has 5 heteroatoms. The van der Waals surface area contributed by atoms with E-state index in [1.54, 1.807) is 3.11 Å². The molecule has 1 aromatic carbocycles. The second-order valence-electron chi connectivity index (χ2n) is 2.54. The molecule has 0 aromatic heterocycles. The average molecular weight is 401 g/mol. The molecule has 0 spiro atoms. The molecule has 3 N–H and O–H groups in total. The molecule has 1 aromatic rings. The number of rotatable bonds is 2. The second kappa shape index (κ2) is 4.99. The molecule has 0 bridgehead atoms. The second-order valence-corrected chi connectivity index (χ2v) is 4.95. The minimum absolute atomic E-state index is 0.0828. The molecule has 3 nitrogen and oxygen atoms in total. The summed E-state index contributed by atoms with van der Waals surface area (Å²) in [6, 6.07) is 8.14. The highest BCUT2D eigenvalue weighted by Crippen LogP contribution is 2.11. The number of guanidine groups is 1. The third-order valence-corrected chi connectivity index (χ3v) is 3.00. The van der Waals surface area contributed by atoms with Gasteiger partial charge in [0.1, 0.15) is 0 Å². The SMILES string of the molecule is N=C(N)N(I)Cc1cccc(I)c1. The van der Waals surface area contributed by atoms with Crippen molar-refractivity contribution >= 4 is 51.4 Å². The monoisotopic (exact) mass is 401 g/mol. The van der Waals surface area contributed by atoms with E-state index in [0.29, 0.717) is 6.54 Å². The maximum Gasteiger partial charge on any atom is 0.197 e. The molecule has 13 heavy (non-hydrogen) atoms. The zero-order valence-electron chi connectivity index (χ0n) is 6.80. The summed E-state index contributed by atoms with van der Waals surface area (Å²) in [5.41, 5.74) is 6.49. The zero-order valence-corrected chi connectivity index (χ0v) is 11.1. The zero-order chi connectivity index (χ0) is 9.84. The number of hydrogen-bond donors (Lipinski definition) is 2. The first-order valence-electron chi connectivity index (χ1n) is 3.61. The lowest BCUT2D eigenvalue weighted by atomic mass is 10.2. The molecule has 0 saturated carbocycles. The molecule has 0 aliphatic carbocycles. The van der Waals surface area contributed by atoms with Crippen molar-refractivity contribution in [3.05, 3.63) is 33.4 Å². The summed E-state index contributed by atoms with van der Waals surface area (Å²) in [6.07, 6.45) is 0. The number of hydrogen-bond acceptors (Lipinski definition) is 1. The lowest BCUT2D eigenvalue weighted by Gasteiger charge is -2.13. The Morgan fingerprint density at radius 3 is 2.77 bits per heavy atom. The lowest BCUT2D eigenvalue weighted by Crippen LogP contribution is -2.27. The van der Waals surface area contributed by atoms with Gasteiger partial charge in [-0.2, -0.15) is 0 Å². The number of nitrogens with zero attached hydrogens (tertiary/aromatic N) is 1. The van der Waals surface area contributed by atoms with Crippen LogP contribution in [0, 0.1) is 8.98 Å². The van der Waals surface area contributed by atoms with Gasteiger partial charge < -0.3 is 5.73 Å². The van der Waals surface area contributed by atoms with Gasteiger partial charge in [0.15, 0.2) is 5.96 Å². The lowest BCUT2D eigenvalue weighted by molar-refractivity contribution is 0.703. The largest absolute Gasteiger partial charge is 0.369 e. The van der Waals surface area contributed by atoms with Crippen LogP contribution in [0.25, 0.3) is 0 Å². The summed E-state index contributed by atoms with van der Waals surface area (Å²) in [5.74, 6) is 0.0828. The van der Waals surface area contributed by atoms with Crippen molar-refractivity contribution in [2.24, 2.45) is 5.73 Å². The third-order valence-electron chi connectivity index (χ3n) is 1.47. The van der Waals surface area contributed by atoms with Gasteiger partial charge >= 0.3 is 0 Å². The number of nitrogens with one attached hydrogen (secondary N) is 1. The van der Waals surface area contributed by atoms with Gasteiger partial charge in [-0.05, 0) is 40.3 Å². The van der Waals surface area contributed by atoms with Gasteiger partial charge in [0.25, 0.3) is 0 Å². The number of benzene rings is 1. The first kappa shape index (κ1) is 11.0. The quantitative estimate of drug-likeness (QED) is 0.346. The summed E-state index contributed by atoms with van der Waals surface area (Å²) >= 11 is 4.29. The Bertz CT molecular complexity index is 314. The van der Waals surface area contributed by atoms with Gasteiger partial charge in [0, 0.05) is 3.57 Å². The van der Waals surface area contributed by atoms with Crippen LogP contribution in [-0.4, -0.2) is 9.07 Å². The van der Waals surface area contributed by atoms with Crippen LogP contribution in [0.15, 0.2) is 24.3 Å². The van der Waals surface area contributed by atoms with Crippen LogP contribution in [0.1, 0.15) is 5.56 Å². The average Bonchev–Trinajstić information content (AvgIpc) is 2.04. The van der Waals surface area contributed by atoms with Crippen molar-refractivity contribution in [3.63, 3.8) is 0 Å². The standard InChI is InChI=1S/C8H9I2N3/c9-7-3-1-2-6(4-7)5-13(10)8(11)12/h1-4H,5H2,(H3,11,12). The fourth-order valence-corrected chi connectivity index (χ4v) is 1.88. The number of halogens is 2. The molecule has 0 amide bonds. The van der Waals surface area contributed by atoms with E-state index in [0.717, 1.165) is 5.56 Å². The Morgan fingerprint density at radius 1 is 1.54 bits per heavy atom. The fraction of sp³-hybridized carbons (Fsp3) is 0.125. The molecule has 0 atom stereocenters. The van der Waals surface area contributed by atoms with E-state index in [1.807, 2.05) is 41.1 Å². The summed E-state index contributed by atoms with van der Waals surface area (Å²) in [6.45, 7) is 0.673. The van der Waals surface area contributed by atoms with Crippen LogP contribution >= 0.6 is 45.5 Å². The van der Waals surface area contributed by atoms with E-state index in [4.69, 9.17) is 11.1 Å². The molecular formula is C8H9I2N3. The maximum atomic E-state index is 7.20. The van der Waals surface area contributed by atoms with Crippen LogP contribution in [-0.2, 0) is 6.54 Å². The molecule has 70 valence electrons. The van der Waals surface area contributed by atoms with E-state index in [9.17, 15) is 0 Å². The topological polar surface area (TPSA) is 53.1 Å². The van der Waals surface area contributed by atoms with E-state index in [-0.39, 0.29) is 5.96 Å². The van der Waals surface area contributed by atoms with Gasteiger partial charge in [0.05, 0.1) is 29.4 Å². The minimum atomic E-state index is 0.0828. The van der Waals surface area contributed by atoms with E-state index < -0.39 is 0 Å². The first-order valence-corrected chi connectivity index (χ1v) is 5.66. The van der Waals surface area contributed by atoms with Gasteiger partial charge in [-0.25, -0.2) is 0 Å². The molecule has 0 fully saturated rings. The molecule has 0 aliphatic rings. The Kier molecular flexibility index (Phi) is 4.23. The molecule has 0 saturated heterocycles. The summed E-state index contributed by atoms with van der Waals surface area (Å²) in [7, 11) is 0. The van der Waals surface area contributed by atoms with Crippen LogP contribution in [0.5, 0.6) is 0 Å². The van der Waals surface area contributed by atoms with Crippen molar-refractivity contribution in [2.45, 2.75) is 6.54 Å². The maximum absolute atomic E-state index is 7.20. The smallest absolute Gasteiger partial charge is 0.197 e. The van der Waals surface area contributed by atoms with Gasteiger partial charge in [-0.1, -0.05) is 12.1 Å². The molecule has 1 rings (SSSR count). The van der Waals surface area contributed by atoms with Crippen LogP contribution in [0.4, 0.5) is 0 Å². The summed E-state index contributed by atoms with van der Waals surface area (Å²) < 4.78 is 2.87. The Hall–Kier alpha value is -0.0500. The van der Waals surface area contributed by atoms with E-state index in [2.05, 4.69) is 28.7 Å². The summed E-state index contributed by atoms with van der Waals surface area (Å²) in [5, 5.41) is 7.20. The predicted molar refractivity (Wildman–Crippen MR) is 70.6 cm³/mol. The van der Waals surface area contributed by atoms with Gasteiger partial charge in [0.2, 0.25) is 0 Å². The first-order chi connectivity index (χ1) is 6.09. The van der Waals surface area contributed by atoms with Crippen molar-refractivity contribution in [1.29, 1.82) is 5.41 Å². The van der Waals surface area contributed by atoms with E-state index in [1.165, 1.54) is 3.57 Å². The van der Waals surface area contributed by atoms with Crippen LogP contribution in [0.2, 0.25) is 0 Å². The fourth-order valence-electron chi connectivity index (χ4n) is 0.881. The Labute approximate surface area is 105 Å². The molecule has 0 radical (unpaired) electrons. The van der Waals surface area contributed by atoms with Gasteiger partial charge in [-0.15, -0.1) is 0 Å². The highest BCUT2D eigenvalue weighted by atomic mass is 127. The molecule has 0 aliphatic heterocycles. The van der Waals surface area contributed by atoms with E-state index >= 15 is 0 Å². The third kappa shape index (κ3) is 3.67. The van der Waals surface area contributed by atoms with Crippen LogP contribution < -0.4 is 5.73 Å². The normalized spacial score (nSPS) is 9.69. The number of nitrogens with two attached hydrogens (primary N) is 1. The van der Waals surface area contributed by atoms with Crippen molar-refractivity contribution < 1.29 is 0 Å². The highest BCUT2D eigenvalue weighted by Gasteiger charge is 2.02. The van der Waals surface area contributed by atoms with Gasteiger partial charge in [-0.3, -0.25) is 8.52 Å². The van der Waals surface area contributed by atoms with Crippen molar-refractivity contribution in [3.8, 4) is 0 Å². The molecular weight excluding hydrogens is 392 g/mol. The highest BCUT2D eigenvalue weighted by molar-refractivity contribution is 14.1. The molecule has 0 heterocycles. The predicted octanol–water partition coefficient (Wildman–Crippen LogP) is 2.34. The minimum Gasteiger partial charge on any atom is -0.369 e. The Balaban J connectivity index is 2.69. The molecule has 0 unspecified atom stereocenters. The van der Waals surface area contributed by atoms with Crippen molar-refractivity contribution in [2.75, 3.05) is 0 Å². The Morgan fingerprint density at radius 2 is 2.23 bits per heavy atom.